The lowest BCUT2D eigenvalue weighted by atomic mass is 10.1. The Morgan fingerprint density at radius 1 is 1.44 bits per heavy atom. The van der Waals surface area contributed by atoms with Gasteiger partial charge in [-0.2, -0.15) is 0 Å². The Bertz CT molecular complexity index is 458. The van der Waals surface area contributed by atoms with Crippen LogP contribution in [-0.4, -0.2) is 20.7 Å². The Morgan fingerprint density at radius 3 is 2.44 bits per heavy atom. The van der Waals surface area contributed by atoms with Crippen molar-refractivity contribution in [3.8, 4) is 0 Å². The minimum Gasteiger partial charge on any atom is -0.328 e. The summed E-state index contributed by atoms with van der Waals surface area (Å²) in [7, 11) is -3.24. The summed E-state index contributed by atoms with van der Waals surface area (Å²) >= 11 is 5.76. The van der Waals surface area contributed by atoms with E-state index in [0.29, 0.717) is 11.4 Å². The maximum Gasteiger partial charge on any atom is 0.175 e. The van der Waals surface area contributed by atoms with Crippen molar-refractivity contribution in [3.05, 3.63) is 28.8 Å². The van der Waals surface area contributed by atoms with E-state index in [0.717, 1.165) is 5.56 Å². The summed E-state index contributed by atoms with van der Waals surface area (Å²) in [5.74, 6) is 0. The molecule has 16 heavy (non-hydrogen) atoms. The maximum absolute atomic E-state index is 11.5. The van der Waals surface area contributed by atoms with Gasteiger partial charge in [0.2, 0.25) is 0 Å². The quantitative estimate of drug-likeness (QED) is 0.924. The number of benzene rings is 1. The highest BCUT2D eigenvalue weighted by molar-refractivity contribution is 7.90. The predicted molar refractivity (Wildman–Crippen MR) is 69.2 cm³/mol. The van der Waals surface area contributed by atoms with E-state index in [1.807, 2.05) is 6.92 Å². The van der Waals surface area contributed by atoms with Gasteiger partial charge in [-0.25, -0.2) is 8.42 Å². The zero-order valence-corrected chi connectivity index (χ0v) is 11.5. The minimum atomic E-state index is -3.24. The van der Waals surface area contributed by atoms with Crippen LogP contribution < -0.4 is 5.73 Å². The monoisotopic (exact) mass is 283 g/mol. The van der Waals surface area contributed by atoms with Crippen LogP contribution >= 0.6 is 24.0 Å². The highest BCUT2D eigenvalue weighted by Crippen LogP contribution is 2.21. The van der Waals surface area contributed by atoms with Crippen LogP contribution in [0.5, 0.6) is 0 Å². The predicted octanol–water partition coefficient (Wildman–Crippen LogP) is 2.06. The largest absolute Gasteiger partial charge is 0.328 e. The van der Waals surface area contributed by atoms with Crippen LogP contribution in [0, 0.1) is 0 Å². The SMILES string of the molecule is CC(N)Cc1ccc(Cl)cc1S(C)(=O)=O.Cl. The maximum atomic E-state index is 11.5. The lowest BCUT2D eigenvalue weighted by molar-refractivity contribution is 0.599. The topological polar surface area (TPSA) is 60.2 Å². The second-order valence-electron chi connectivity index (χ2n) is 3.71. The molecule has 1 rings (SSSR count). The molecule has 3 nitrogen and oxygen atoms in total. The van der Waals surface area contributed by atoms with Gasteiger partial charge in [0.05, 0.1) is 4.90 Å². The first kappa shape index (κ1) is 15.7. The Morgan fingerprint density at radius 2 is 2.00 bits per heavy atom. The second-order valence-corrected chi connectivity index (χ2v) is 6.13. The first-order valence-electron chi connectivity index (χ1n) is 4.55. The third-order valence-corrected chi connectivity index (χ3v) is 3.38. The first-order chi connectivity index (χ1) is 6.80. The number of halogens is 2. The normalized spacial score (nSPS) is 13.0. The van der Waals surface area contributed by atoms with E-state index in [1.165, 1.54) is 12.3 Å². The number of hydrogen-bond acceptors (Lipinski definition) is 3. The molecule has 0 saturated carbocycles. The summed E-state index contributed by atoms with van der Waals surface area (Å²) in [4.78, 5) is 0.271. The zero-order chi connectivity index (χ0) is 11.6. The molecule has 0 heterocycles. The fourth-order valence-electron chi connectivity index (χ4n) is 1.39. The minimum absolute atomic E-state index is 0. The highest BCUT2D eigenvalue weighted by atomic mass is 35.5. The molecule has 1 aromatic carbocycles. The molecule has 1 atom stereocenters. The van der Waals surface area contributed by atoms with Crippen LogP contribution in [0.4, 0.5) is 0 Å². The summed E-state index contributed by atoms with van der Waals surface area (Å²) in [6, 6.07) is 4.77. The van der Waals surface area contributed by atoms with Crippen LogP contribution in [0.2, 0.25) is 5.02 Å². The van der Waals surface area contributed by atoms with Crippen molar-refractivity contribution in [1.29, 1.82) is 0 Å². The summed E-state index contributed by atoms with van der Waals surface area (Å²) in [6.07, 6.45) is 1.70. The lowest BCUT2D eigenvalue weighted by Gasteiger charge is -2.10. The molecular weight excluding hydrogens is 269 g/mol. The first-order valence-corrected chi connectivity index (χ1v) is 6.81. The van der Waals surface area contributed by atoms with Gasteiger partial charge in [-0.15, -0.1) is 12.4 Å². The molecule has 0 spiro atoms. The Hall–Kier alpha value is -0.290. The molecule has 6 heteroatoms. The van der Waals surface area contributed by atoms with Crippen molar-refractivity contribution in [2.75, 3.05) is 6.26 Å². The fraction of sp³-hybridized carbons (Fsp3) is 0.400. The standard InChI is InChI=1S/C10H14ClNO2S.ClH/c1-7(12)5-8-3-4-9(11)6-10(8)15(2,13)14;/h3-4,6-7H,5,12H2,1-2H3;1H. The molecule has 0 fully saturated rings. The smallest absolute Gasteiger partial charge is 0.175 e. The molecule has 0 saturated heterocycles. The molecule has 0 amide bonds. The fourth-order valence-corrected chi connectivity index (χ4v) is 2.59. The van der Waals surface area contributed by atoms with Crippen molar-refractivity contribution in [3.63, 3.8) is 0 Å². The molecule has 0 aliphatic rings. The second kappa shape index (κ2) is 5.87. The van der Waals surface area contributed by atoms with Gasteiger partial charge >= 0.3 is 0 Å². The van der Waals surface area contributed by atoms with Gasteiger partial charge in [-0.1, -0.05) is 17.7 Å². The molecule has 1 unspecified atom stereocenters. The van der Waals surface area contributed by atoms with Gasteiger partial charge in [-0.05, 0) is 31.0 Å². The van der Waals surface area contributed by atoms with Gasteiger partial charge in [0.1, 0.15) is 0 Å². The molecule has 1 aromatic rings. The average molecular weight is 284 g/mol. The van der Waals surface area contributed by atoms with E-state index >= 15 is 0 Å². The van der Waals surface area contributed by atoms with Crippen LogP contribution in [-0.2, 0) is 16.3 Å². The van der Waals surface area contributed by atoms with Crippen LogP contribution in [0.15, 0.2) is 23.1 Å². The van der Waals surface area contributed by atoms with E-state index in [-0.39, 0.29) is 23.3 Å². The van der Waals surface area contributed by atoms with Crippen molar-refractivity contribution in [2.24, 2.45) is 5.73 Å². The molecule has 0 aliphatic heterocycles. The van der Waals surface area contributed by atoms with E-state index in [4.69, 9.17) is 17.3 Å². The molecule has 2 N–H and O–H groups in total. The zero-order valence-electron chi connectivity index (χ0n) is 9.10. The number of nitrogens with two attached hydrogens (primary N) is 1. The third kappa shape index (κ3) is 4.29. The third-order valence-electron chi connectivity index (χ3n) is 1.97. The van der Waals surface area contributed by atoms with Crippen molar-refractivity contribution >= 4 is 33.8 Å². The van der Waals surface area contributed by atoms with E-state index in [2.05, 4.69) is 0 Å². The van der Waals surface area contributed by atoms with Crippen molar-refractivity contribution in [1.82, 2.24) is 0 Å². The van der Waals surface area contributed by atoms with Crippen molar-refractivity contribution < 1.29 is 8.42 Å². The van der Waals surface area contributed by atoms with E-state index in [9.17, 15) is 8.42 Å². The molecule has 0 radical (unpaired) electrons. The van der Waals surface area contributed by atoms with Gasteiger partial charge in [-0.3, -0.25) is 0 Å². The summed E-state index contributed by atoms with van der Waals surface area (Å²) in [5, 5.41) is 0.420. The van der Waals surface area contributed by atoms with E-state index < -0.39 is 9.84 Å². The number of sulfone groups is 1. The molecule has 0 aliphatic carbocycles. The number of rotatable bonds is 3. The Labute approximate surface area is 107 Å². The Kier molecular flexibility index (Phi) is 5.76. The highest BCUT2D eigenvalue weighted by Gasteiger charge is 2.14. The van der Waals surface area contributed by atoms with Gasteiger partial charge < -0.3 is 5.73 Å². The molecule has 0 aromatic heterocycles. The van der Waals surface area contributed by atoms with Gasteiger partial charge in [0, 0.05) is 17.3 Å². The van der Waals surface area contributed by atoms with Gasteiger partial charge in [0.25, 0.3) is 0 Å². The molecule has 0 bridgehead atoms. The Balaban J connectivity index is 0.00000225. The van der Waals surface area contributed by atoms with Crippen LogP contribution in [0.3, 0.4) is 0 Å². The van der Waals surface area contributed by atoms with Crippen LogP contribution in [0.1, 0.15) is 12.5 Å². The van der Waals surface area contributed by atoms with Crippen molar-refractivity contribution in [2.45, 2.75) is 24.3 Å². The summed E-state index contributed by atoms with van der Waals surface area (Å²) in [6.45, 7) is 1.83. The van der Waals surface area contributed by atoms with Gasteiger partial charge in [0.15, 0.2) is 9.84 Å². The number of hydrogen-bond donors (Lipinski definition) is 1. The van der Waals surface area contributed by atoms with Crippen LogP contribution in [0.25, 0.3) is 0 Å². The average Bonchev–Trinajstić information content (AvgIpc) is 2.05. The summed E-state index contributed by atoms with van der Waals surface area (Å²) < 4.78 is 23.0. The molecule has 92 valence electrons. The molecular formula is C10H15Cl2NO2S. The lowest BCUT2D eigenvalue weighted by Crippen LogP contribution is -2.19. The summed E-state index contributed by atoms with van der Waals surface area (Å²) in [5.41, 5.74) is 6.37. The van der Waals surface area contributed by atoms with E-state index in [1.54, 1.807) is 12.1 Å².